The zero-order valence-electron chi connectivity index (χ0n) is 13.6. The Hall–Kier alpha value is -2.45. The lowest BCUT2D eigenvalue weighted by Crippen LogP contribution is -2.35. The number of nitrogens with two attached hydrogens (primary N) is 1. The molecule has 2 aromatic rings. The van der Waals surface area contributed by atoms with Gasteiger partial charge >= 0.3 is 0 Å². The van der Waals surface area contributed by atoms with Crippen LogP contribution in [0.3, 0.4) is 0 Å². The Morgan fingerprint density at radius 1 is 1.16 bits per heavy atom. The fourth-order valence-corrected chi connectivity index (χ4v) is 4.60. The quantitative estimate of drug-likeness (QED) is 0.649. The molecule has 1 aliphatic heterocycles. The Morgan fingerprint density at radius 3 is 2.52 bits per heavy atom. The maximum absolute atomic E-state index is 13.0. The van der Waals surface area contributed by atoms with E-state index in [1.54, 1.807) is 0 Å². The molecule has 3 rings (SSSR count). The number of hydrogen-bond donors (Lipinski definition) is 1. The minimum atomic E-state index is -3.76. The van der Waals surface area contributed by atoms with Gasteiger partial charge in [0.15, 0.2) is 0 Å². The third kappa shape index (κ3) is 3.35. The summed E-state index contributed by atoms with van der Waals surface area (Å²) in [6, 6.07) is 10.7. The van der Waals surface area contributed by atoms with E-state index in [1.807, 2.05) is 18.2 Å². The molecule has 0 radical (unpaired) electrons. The molecule has 0 spiro atoms. The lowest BCUT2D eigenvalue weighted by Gasteiger charge is -2.30. The van der Waals surface area contributed by atoms with Crippen LogP contribution in [0.25, 0.3) is 0 Å². The zero-order chi connectivity index (χ0) is 18.0. The fourth-order valence-electron chi connectivity index (χ4n) is 3.05. The average Bonchev–Trinajstić information content (AvgIpc) is 2.61. The second-order valence-corrected chi connectivity index (χ2v) is 7.80. The first-order valence-corrected chi connectivity index (χ1v) is 9.46. The van der Waals surface area contributed by atoms with Crippen LogP contribution < -0.4 is 10.0 Å². The van der Waals surface area contributed by atoms with Crippen LogP contribution in [0.1, 0.15) is 17.5 Å². The van der Waals surface area contributed by atoms with Crippen LogP contribution in [-0.2, 0) is 22.9 Å². The first-order valence-electron chi connectivity index (χ1n) is 8.02. The molecule has 0 saturated carbocycles. The van der Waals surface area contributed by atoms with Gasteiger partial charge in [-0.15, -0.1) is 0 Å². The van der Waals surface area contributed by atoms with Crippen LogP contribution in [0.15, 0.2) is 47.4 Å². The number of benzene rings is 2. The van der Waals surface area contributed by atoms with Crippen molar-refractivity contribution < 1.29 is 13.3 Å². The molecule has 0 atom stereocenters. The molecule has 0 unspecified atom stereocenters. The second kappa shape index (κ2) is 6.81. The number of hydrogen-bond acceptors (Lipinski definition) is 5. The van der Waals surface area contributed by atoms with Crippen LogP contribution in [0.4, 0.5) is 11.4 Å². The summed E-state index contributed by atoms with van der Waals surface area (Å²) < 4.78 is 27.3. The minimum absolute atomic E-state index is 0.0528. The molecule has 1 aliphatic rings. The number of fused-ring (bicyclic) bond motifs is 1. The second-order valence-electron chi connectivity index (χ2n) is 5.93. The Kier molecular flexibility index (Phi) is 4.73. The van der Waals surface area contributed by atoms with E-state index in [0.29, 0.717) is 18.8 Å². The molecule has 132 valence electrons. The smallest absolute Gasteiger partial charge is 0.269 e. The number of nitro benzene ring substituents is 1. The normalized spacial score (nSPS) is 14.2. The van der Waals surface area contributed by atoms with Crippen LogP contribution in [0.5, 0.6) is 0 Å². The molecule has 0 aliphatic carbocycles. The first-order chi connectivity index (χ1) is 11.9. The van der Waals surface area contributed by atoms with Crippen molar-refractivity contribution in [2.24, 2.45) is 5.73 Å². The minimum Gasteiger partial charge on any atom is -0.330 e. The van der Waals surface area contributed by atoms with Gasteiger partial charge < -0.3 is 5.73 Å². The number of nitrogens with zero attached hydrogens (tertiary/aromatic N) is 2. The van der Waals surface area contributed by atoms with E-state index in [-0.39, 0.29) is 10.6 Å². The Labute approximate surface area is 146 Å². The van der Waals surface area contributed by atoms with E-state index in [4.69, 9.17) is 5.73 Å². The summed E-state index contributed by atoms with van der Waals surface area (Å²) in [5.41, 5.74) is 8.21. The van der Waals surface area contributed by atoms with Crippen molar-refractivity contribution in [2.45, 2.75) is 24.2 Å². The van der Waals surface area contributed by atoms with Gasteiger partial charge in [-0.05, 0) is 55.1 Å². The lowest BCUT2D eigenvalue weighted by atomic mass is 9.99. The van der Waals surface area contributed by atoms with Gasteiger partial charge in [-0.25, -0.2) is 8.42 Å². The standard InChI is InChI=1S/C17H19N3O4S/c18-10-9-13-3-8-17-14(12-13)2-1-11-19(17)25(23,24)16-6-4-15(5-7-16)20(21)22/h3-8,12H,1-2,9-11,18H2. The summed E-state index contributed by atoms with van der Waals surface area (Å²) in [6.45, 7) is 0.937. The molecule has 8 heteroatoms. The van der Waals surface area contributed by atoms with Crippen molar-refractivity contribution in [2.75, 3.05) is 17.4 Å². The van der Waals surface area contributed by atoms with Crippen molar-refractivity contribution in [3.8, 4) is 0 Å². The highest BCUT2D eigenvalue weighted by Gasteiger charge is 2.29. The molecular weight excluding hydrogens is 342 g/mol. The van der Waals surface area contributed by atoms with Gasteiger partial charge in [-0.2, -0.15) is 0 Å². The molecule has 0 bridgehead atoms. The van der Waals surface area contributed by atoms with Gasteiger partial charge in [0.1, 0.15) is 0 Å². The monoisotopic (exact) mass is 361 g/mol. The molecule has 0 saturated heterocycles. The van der Waals surface area contributed by atoms with E-state index in [0.717, 1.165) is 30.4 Å². The van der Waals surface area contributed by atoms with Crippen molar-refractivity contribution in [1.82, 2.24) is 0 Å². The molecule has 0 aromatic heterocycles. The summed E-state index contributed by atoms with van der Waals surface area (Å²) >= 11 is 0. The Bertz CT molecular complexity index is 895. The number of sulfonamides is 1. The van der Waals surface area contributed by atoms with Crippen molar-refractivity contribution >= 4 is 21.4 Å². The highest BCUT2D eigenvalue weighted by Crippen LogP contribution is 2.33. The van der Waals surface area contributed by atoms with Gasteiger partial charge in [0.2, 0.25) is 0 Å². The average molecular weight is 361 g/mol. The number of anilines is 1. The predicted molar refractivity (Wildman–Crippen MR) is 95.1 cm³/mol. The Balaban J connectivity index is 1.97. The van der Waals surface area contributed by atoms with Crippen LogP contribution >= 0.6 is 0 Å². The van der Waals surface area contributed by atoms with E-state index in [9.17, 15) is 18.5 Å². The molecule has 0 fully saturated rings. The zero-order valence-corrected chi connectivity index (χ0v) is 14.4. The number of nitro groups is 1. The summed E-state index contributed by atoms with van der Waals surface area (Å²) in [4.78, 5) is 10.3. The van der Waals surface area contributed by atoms with Crippen molar-refractivity contribution in [1.29, 1.82) is 0 Å². The lowest BCUT2D eigenvalue weighted by molar-refractivity contribution is -0.384. The van der Waals surface area contributed by atoms with Crippen LogP contribution in [-0.4, -0.2) is 26.4 Å². The first kappa shape index (κ1) is 17.4. The maximum Gasteiger partial charge on any atom is 0.269 e. The maximum atomic E-state index is 13.0. The highest BCUT2D eigenvalue weighted by molar-refractivity contribution is 7.92. The summed E-state index contributed by atoms with van der Waals surface area (Å²) in [7, 11) is -3.76. The third-order valence-electron chi connectivity index (χ3n) is 4.29. The number of non-ortho nitro benzene ring substituents is 1. The molecule has 25 heavy (non-hydrogen) atoms. The van der Waals surface area contributed by atoms with Gasteiger partial charge in [0, 0.05) is 18.7 Å². The molecule has 7 nitrogen and oxygen atoms in total. The Morgan fingerprint density at radius 2 is 1.88 bits per heavy atom. The van der Waals surface area contributed by atoms with Gasteiger partial charge in [-0.3, -0.25) is 14.4 Å². The van der Waals surface area contributed by atoms with Crippen LogP contribution in [0.2, 0.25) is 0 Å². The number of aryl methyl sites for hydroxylation is 1. The van der Waals surface area contributed by atoms with Gasteiger partial charge in [0.05, 0.1) is 15.5 Å². The molecule has 1 heterocycles. The fraction of sp³-hybridized carbons (Fsp3) is 0.294. The highest BCUT2D eigenvalue weighted by atomic mass is 32.2. The predicted octanol–water partition coefficient (Wildman–Crippen LogP) is 2.24. The van der Waals surface area contributed by atoms with Gasteiger partial charge in [0.25, 0.3) is 15.7 Å². The summed E-state index contributed by atoms with van der Waals surface area (Å²) in [5.74, 6) is 0. The molecule has 2 N–H and O–H groups in total. The van der Waals surface area contributed by atoms with Crippen molar-refractivity contribution in [3.63, 3.8) is 0 Å². The molecular formula is C17H19N3O4S. The van der Waals surface area contributed by atoms with Gasteiger partial charge in [-0.1, -0.05) is 12.1 Å². The summed E-state index contributed by atoms with van der Waals surface area (Å²) in [6.07, 6.45) is 2.30. The van der Waals surface area contributed by atoms with E-state index < -0.39 is 14.9 Å². The van der Waals surface area contributed by atoms with Crippen molar-refractivity contribution in [3.05, 3.63) is 63.7 Å². The van der Waals surface area contributed by atoms with E-state index >= 15 is 0 Å². The molecule has 0 amide bonds. The third-order valence-corrected chi connectivity index (χ3v) is 6.12. The molecule has 2 aromatic carbocycles. The van der Waals surface area contributed by atoms with E-state index in [2.05, 4.69) is 0 Å². The SMILES string of the molecule is NCCc1ccc2c(c1)CCCN2S(=O)(=O)c1ccc([N+](=O)[O-])cc1. The number of rotatable bonds is 5. The van der Waals surface area contributed by atoms with E-state index in [1.165, 1.54) is 28.6 Å². The summed E-state index contributed by atoms with van der Waals surface area (Å²) in [5, 5.41) is 10.7. The topological polar surface area (TPSA) is 107 Å². The largest absolute Gasteiger partial charge is 0.330 e. The van der Waals surface area contributed by atoms with Crippen LogP contribution in [0, 0.1) is 10.1 Å².